The normalized spacial score (nSPS) is 29.5. The maximum atomic E-state index is 12.7. The number of ketones is 1. The van der Waals surface area contributed by atoms with Crippen LogP contribution in [0.25, 0.3) is 0 Å². The molecule has 0 bridgehead atoms. The third-order valence-corrected chi connectivity index (χ3v) is 7.05. The maximum absolute atomic E-state index is 12.7. The zero-order valence-corrected chi connectivity index (χ0v) is 21.0. The second kappa shape index (κ2) is 13.7. The fraction of sp³-hybridized carbons (Fsp3) is 0.655. The van der Waals surface area contributed by atoms with Crippen LogP contribution >= 0.6 is 0 Å². The Bertz CT molecular complexity index is 836. The van der Waals surface area contributed by atoms with Crippen LogP contribution in [0.3, 0.4) is 0 Å². The molecule has 0 aromatic carbocycles. The van der Waals surface area contributed by atoms with Gasteiger partial charge in [0.05, 0.1) is 12.7 Å². The zero-order valence-electron chi connectivity index (χ0n) is 21.0. The number of allylic oxidation sites excluding steroid dienone is 5. The van der Waals surface area contributed by atoms with Crippen molar-refractivity contribution in [2.75, 3.05) is 13.2 Å². The topological polar surface area (TPSA) is 61.8 Å². The molecule has 0 radical (unpaired) electrons. The van der Waals surface area contributed by atoms with Crippen LogP contribution in [-0.2, 0) is 23.8 Å². The maximum Gasteiger partial charge on any atom is 0.306 e. The van der Waals surface area contributed by atoms with E-state index in [0.29, 0.717) is 37.7 Å². The highest BCUT2D eigenvalue weighted by molar-refractivity contribution is 5.91. The summed E-state index contributed by atoms with van der Waals surface area (Å²) < 4.78 is 17.3. The lowest BCUT2D eigenvalue weighted by Crippen LogP contribution is -2.30. The van der Waals surface area contributed by atoms with E-state index >= 15 is 0 Å². The van der Waals surface area contributed by atoms with Crippen LogP contribution in [0.5, 0.6) is 0 Å². The molecule has 0 N–H and O–H groups in total. The van der Waals surface area contributed by atoms with Crippen LogP contribution in [0.4, 0.5) is 0 Å². The molecule has 2 fully saturated rings. The Balaban J connectivity index is 1.63. The molecule has 6 atom stereocenters. The molecule has 0 aromatic heterocycles. The Kier molecular flexibility index (Phi) is 10.6. The fourth-order valence-corrected chi connectivity index (χ4v) is 5.20. The van der Waals surface area contributed by atoms with Crippen LogP contribution in [0.1, 0.15) is 72.1 Å². The number of rotatable bonds is 11. The Morgan fingerprint density at radius 2 is 2.18 bits per heavy atom. The highest BCUT2D eigenvalue weighted by atomic mass is 16.7. The van der Waals surface area contributed by atoms with Gasteiger partial charge in [-0.3, -0.25) is 9.59 Å². The number of carbonyl (C=O) groups is 2. The molecule has 0 spiro atoms. The number of fused-ring (bicyclic) bond motifs is 1. The smallest absolute Gasteiger partial charge is 0.306 e. The van der Waals surface area contributed by atoms with Gasteiger partial charge in [-0.05, 0) is 70.3 Å². The molecule has 0 aromatic rings. The van der Waals surface area contributed by atoms with Crippen molar-refractivity contribution in [3.05, 3.63) is 36.0 Å². The third kappa shape index (κ3) is 7.68. The second-order valence-corrected chi connectivity index (χ2v) is 9.60. The van der Waals surface area contributed by atoms with Gasteiger partial charge in [0.15, 0.2) is 12.1 Å². The molecule has 1 saturated heterocycles. The lowest BCUT2D eigenvalue weighted by molar-refractivity contribution is -0.192. The van der Waals surface area contributed by atoms with Gasteiger partial charge >= 0.3 is 5.97 Å². The summed E-state index contributed by atoms with van der Waals surface area (Å²) in [6.07, 6.45) is 17.2. The minimum atomic E-state index is -0.150. The van der Waals surface area contributed by atoms with Gasteiger partial charge in [0, 0.05) is 31.3 Å². The molecule has 5 nitrogen and oxygen atoms in total. The summed E-state index contributed by atoms with van der Waals surface area (Å²) >= 11 is 0. The van der Waals surface area contributed by atoms with Crippen LogP contribution in [-0.4, -0.2) is 37.4 Å². The van der Waals surface area contributed by atoms with Gasteiger partial charge in [-0.2, -0.15) is 0 Å². The molecule has 1 aliphatic heterocycles. The molecule has 2 unspecified atom stereocenters. The number of ether oxygens (including phenoxy) is 3. The van der Waals surface area contributed by atoms with E-state index in [2.05, 4.69) is 36.1 Å². The lowest BCUT2D eigenvalue weighted by atomic mass is 9.88. The van der Waals surface area contributed by atoms with Crippen molar-refractivity contribution in [1.29, 1.82) is 0 Å². The van der Waals surface area contributed by atoms with E-state index in [0.717, 1.165) is 38.7 Å². The first-order valence-electron chi connectivity index (χ1n) is 12.9. The van der Waals surface area contributed by atoms with Gasteiger partial charge in [0.2, 0.25) is 0 Å². The number of hydrogen-bond donors (Lipinski definition) is 0. The summed E-state index contributed by atoms with van der Waals surface area (Å²) in [6, 6.07) is 0. The van der Waals surface area contributed by atoms with E-state index in [9.17, 15) is 9.59 Å². The first-order chi connectivity index (χ1) is 16.5. The van der Waals surface area contributed by atoms with Crippen molar-refractivity contribution in [2.24, 2.45) is 23.7 Å². The first-order valence-corrected chi connectivity index (χ1v) is 12.9. The largest absolute Gasteiger partial charge is 0.466 e. The quantitative estimate of drug-likeness (QED) is 0.226. The molecule has 1 heterocycles. The standard InChI is InChI=1S/C29H40O5/c1-4-6-11-21(3)26(30)16-15-24-25-19-22(12-7-8-13-28(31)32-5-2)18-23(25)20-27(24)34-29-14-9-10-17-33-29/h7,12,15-16,18,21,23-25,27,29H,5,8-11,13-14,17,19-20H2,1-3H3/b12-7?,16-15-/t21?,23-,24-,25-,27+,29?/m0/s1. The molecule has 34 heavy (non-hydrogen) atoms. The lowest BCUT2D eigenvalue weighted by Gasteiger charge is -2.29. The minimum absolute atomic E-state index is 0.0680. The predicted molar refractivity (Wildman–Crippen MR) is 133 cm³/mol. The van der Waals surface area contributed by atoms with E-state index in [1.165, 1.54) is 5.57 Å². The highest BCUT2D eigenvalue weighted by Gasteiger charge is 2.45. The van der Waals surface area contributed by atoms with Crippen LogP contribution < -0.4 is 0 Å². The Morgan fingerprint density at radius 3 is 2.91 bits per heavy atom. The van der Waals surface area contributed by atoms with Crippen molar-refractivity contribution >= 4 is 11.8 Å². The van der Waals surface area contributed by atoms with Gasteiger partial charge < -0.3 is 14.2 Å². The highest BCUT2D eigenvalue weighted by Crippen LogP contribution is 2.49. The number of carbonyl (C=O) groups excluding carboxylic acids is 2. The Labute approximate surface area is 205 Å². The molecular formula is C29H40O5. The SMILES string of the molecule is CC#CCC(C)C(=O)/C=C\[C@H]1[C@H]2CC(C=CCCC(=O)OCC)=C[C@H]2C[C@H]1OC1CCCCO1. The molecule has 0 amide bonds. The predicted octanol–water partition coefficient (Wildman–Crippen LogP) is 5.55. The van der Waals surface area contributed by atoms with E-state index in [1.54, 1.807) is 13.0 Å². The van der Waals surface area contributed by atoms with Gasteiger partial charge in [-0.25, -0.2) is 0 Å². The average molecular weight is 469 g/mol. The van der Waals surface area contributed by atoms with Crippen molar-refractivity contribution in [1.82, 2.24) is 0 Å². The zero-order chi connectivity index (χ0) is 24.3. The summed E-state index contributed by atoms with van der Waals surface area (Å²) in [5, 5.41) is 0. The number of hydrogen-bond acceptors (Lipinski definition) is 5. The van der Waals surface area contributed by atoms with E-state index in [-0.39, 0.29) is 36.0 Å². The van der Waals surface area contributed by atoms with Crippen molar-refractivity contribution in [3.8, 4) is 11.8 Å². The Morgan fingerprint density at radius 1 is 1.32 bits per heavy atom. The van der Waals surface area contributed by atoms with Crippen molar-refractivity contribution in [3.63, 3.8) is 0 Å². The molecule has 1 saturated carbocycles. The van der Waals surface area contributed by atoms with Gasteiger partial charge in [-0.1, -0.05) is 36.8 Å². The molecule has 3 rings (SSSR count). The van der Waals surface area contributed by atoms with Gasteiger partial charge in [0.1, 0.15) is 0 Å². The molecule has 186 valence electrons. The molecule has 3 aliphatic rings. The summed E-state index contributed by atoms with van der Waals surface area (Å²) in [7, 11) is 0. The third-order valence-electron chi connectivity index (χ3n) is 7.05. The molecule has 5 heteroatoms. The van der Waals surface area contributed by atoms with E-state index in [4.69, 9.17) is 14.2 Å². The van der Waals surface area contributed by atoms with Gasteiger partial charge in [-0.15, -0.1) is 11.8 Å². The van der Waals surface area contributed by atoms with Crippen LogP contribution in [0, 0.1) is 35.5 Å². The summed E-state index contributed by atoms with van der Waals surface area (Å²) in [6.45, 7) is 6.76. The first kappa shape index (κ1) is 26.4. The van der Waals surface area contributed by atoms with Crippen LogP contribution in [0.15, 0.2) is 36.0 Å². The molecular weight excluding hydrogens is 428 g/mol. The van der Waals surface area contributed by atoms with Crippen molar-refractivity contribution < 1.29 is 23.8 Å². The summed E-state index contributed by atoms with van der Waals surface area (Å²) in [5.41, 5.74) is 1.31. The minimum Gasteiger partial charge on any atom is -0.466 e. The van der Waals surface area contributed by atoms with E-state index in [1.807, 2.05) is 13.8 Å². The average Bonchev–Trinajstić information content (AvgIpc) is 3.36. The van der Waals surface area contributed by atoms with Gasteiger partial charge in [0.25, 0.3) is 0 Å². The summed E-state index contributed by atoms with van der Waals surface area (Å²) in [5.74, 6) is 6.81. The van der Waals surface area contributed by atoms with E-state index < -0.39 is 0 Å². The Hall–Kier alpha value is -2.16. The summed E-state index contributed by atoms with van der Waals surface area (Å²) in [4.78, 5) is 24.2. The van der Waals surface area contributed by atoms with Crippen LogP contribution in [0.2, 0.25) is 0 Å². The number of esters is 1. The van der Waals surface area contributed by atoms with Crippen molar-refractivity contribution in [2.45, 2.75) is 84.5 Å². The fourth-order valence-electron chi connectivity index (χ4n) is 5.20. The second-order valence-electron chi connectivity index (χ2n) is 9.60. The monoisotopic (exact) mass is 468 g/mol. The molecule has 2 aliphatic carbocycles.